The van der Waals surface area contributed by atoms with Crippen molar-refractivity contribution in [3.8, 4) is 0 Å². The number of nitrogens with one attached hydrogen (secondary N) is 1. The molecule has 0 saturated carbocycles. The summed E-state index contributed by atoms with van der Waals surface area (Å²) in [5.41, 5.74) is 3.78. The van der Waals surface area contributed by atoms with Crippen LogP contribution in [-0.4, -0.2) is 36.3 Å². The minimum Gasteiger partial charge on any atom is -0.381 e. The van der Waals surface area contributed by atoms with Gasteiger partial charge in [0, 0.05) is 24.4 Å². The molecule has 1 aromatic rings. The van der Waals surface area contributed by atoms with Crippen molar-refractivity contribution in [2.75, 3.05) is 26.3 Å². The first-order valence-corrected chi connectivity index (χ1v) is 8.42. The molecule has 1 heterocycles. The summed E-state index contributed by atoms with van der Waals surface area (Å²) in [6.07, 6.45) is 4.95. The molecular formula is C17H31N3O. The van der Waals surface area contributed by atoms with Crippen molar-refractivity contribution < 1.29 is 4.74 Å². The molecule has 0 saturated heterocycles. The Hall–Kier alpha value is -1.00. The van der Waals surface area contributed by atoms with Crippen LogP contribution in [0.15, 0.2) is 0 Å². The normalized spacial score (nSPS) is 11.0. The van der Waals surface area contributed by atoms with E-state index < -0.39 is 0 Å². The standard InChI is InChI=1S/C17H31N3O/c1-5-11-18-12-9-14-15(6-2)19-17(10-13-21-8-4)20-16(14)7-3/h18H,5-13H2,1-4H3. The van der Waals surface area contributed by atoms with Crippen LogP contribution >= 0.6 is 0 Å². The van der Waals surface area contributed by atoms with Crippen molar-refractivity contribution in [1.82, 2.24) is 15.3 Å². The number of rotatable bonds is 11. The van der Waals surface area contributed by atoms with Crippen molar-refractivity contribution >= 4 is 0 Å². The van der Waals surface area contributed by atoms with E-state index in [9.17, 15) is 0 Å². The lowest BCUT2D eigenvalue weighted by Gasteiger charge is -2.14. The summed E-state index contributed by atoms with van der Waals surface area (Å²) in [5.74, 6) is 0.933. The van der Waals surface area contributed by atoms with Gasteiger partial charge in [-0.3, -0.25) is 0 Å². The van der Waals surface area contributed by atoms with Gasteiger partial charge < -0.3 is 10.1 Å². The highest BCUT2D eigenvalue weighted by atomic mass is 16.5. The van der Waals surface area contributed by atoms with Gasteiger partial charge in [0.15, 0.2) is 0 Å². The maximum atomic E-state index is 5.42. The molecule has 0 bridgehead atoms. The maximum Gasteiger partial charge on any atom is 0.131 e. The van der Waals surface area contributed by atoms with E-state index in [1.54, 1.807) is 0 Å². The Bertz CT molecular complexity index is 382. The van der Waals surface area contributed by atoms with Gasteiger partial charge in [-0.05, 0) is 51.3 Å². The van der Waals surface area contributed by atoms with Gasteiger partial charge in [0.05, 0.1) is 6.61 Å². The van der Waals surface area contributed by atoms with E-state index in [0.29, 0.717) is 6.61 Å². The third-order valence-corrected chi connectivity index (χ3v) is 3.55. The minimum atomic E-state index is 0.709. The largest absolute Gasteiger partial charge is 0.381 e. The van der Waals surface area contributed by atoms with E-state index in [0.717, 1.165) is 51.2 Å². The van der Waals surface area contributed by atoms with E-state index >= 15 is 0 Å². The summed E-state index contributed by atoms with van der Waals surface area (Å²) >= 11 is 0. The van der Waals surface area contributed by atoms with Gasteiger partial charge in [0.1, 0.15) is 5.82 Å². The van der Waals surface area contributed by atoms with Crippen LogP contribution in [0.25, 0.3) is 0 Å². The summed E-state index contributed by atoms with van der Waals surface area (Å²) in [6.45, 7) is 12.1. The Kier molecular flexibility index (Phi) is 9.19. The van der Waals surface area contributed by atoms with Gasteiger partial charge >= 0.3 is 0 Å². The maximum absolute atomic E-state index is 5.42. The quantitative estimate of drug-likeness (QED) is 0.637. The molecule has 0 spiro atoms. The lowest BCUT2D eigenvalue weighted by atomic mass is 10.0. The number of aromatic nitrogens is 2. The molecular weight excluding hydrogens is 262 g/mol. The van der Waals surface area contributed by atoms with Crippen molar-refractivity contribution in [1.29, 1.82) is 0 Å². The number of aryl methyl sites for hydroxylation is 2. The lowest BCUT2D eigenvalue weighted by molar-refractivity contribution is 0.149. The average molecular weight is 293 g/mol. The van der Waals surface area contributed by atoms with Crippen molar-refractivity contribution in [2.45, 2.75) is 59.8 Å². The van der Waals surface area contributed by atoms with Crippen molar-refractivity contribution in [3.63, 3.8) is 0 Å². The fourth-order valence-corrected chi connectivity index (χ4v) is 2.45. The first-order valence-electron chi connectivity index (χ1n) is 8.42. The van der Waals surface area contributed by atoms with Crippen molar-refractivity contribution in [2.24, 2.45) is 0 Å². The number of nitrogens with zero attached hydrogens (tertiary/aromatic N) is 2. The lowest BCUT2D eigenvalue weighted by Crippen LogP contribution is -2.20. The van der Waals surface area contributed by atoms with Gasteiger partial charge in [0.25, 0.3) is 0 Å². The zero-order valence-corrected chi connectivity index (χ0v) is 14.2. The van der Waals surface area contributed by atoms with Crippen molar-refractivity contribution in [3.05, 3.63) is 22.8 Å². The minimum absolute atomic E-state index is 0.709. The summed E-state index contributed by atoms with van der Waals surface area (Å²) in [4.78, 5) is 9.50. The molecule has 0 radical (unpaired) electrons. The number of ether oxygens (including phenoxy) is 1. The van der Waals surface area contributed by atoms with E-state index in [1.165, 1.54) is 23.4 Å². The SMILES string of the molecule is CCCNCCc1c(CC)nc(CCOCC)nc1CC. The summed E-state index contributed by atoms with van der Waals surface area (Å²) in [6, 6.07) is 0. The second-order valence-electron chi connectivity index (χ2n) is 5.17. The highest BCUT2D eigenvalue weighted by Gasteiger charge is 2.12. The molecule has 1 aromatic heterocycles. The summed E-state index contributed by atoms with van der Waals surface area (Å²) in [5, 5.41) is 3.47. The van der Waals surface area contributed by atoms with Crippen LogP contribution in [0, 0.1) is 0 Å². The Balaban J connectivity index is 2.80. The first kappa shape index (κ1) is 18.1. The fraction of sp³-hybridized carbons (Fsp3) is 0.765. The van der Waals surface area contributed by atoms with E-state index in [-0.39, 0.29) is 0 Å². The molecule has 0 fully saturated rings. The monoisotopic (exact) mass is 293 g/mol. The highest BCUT2D eigenvalue weighted by Crippen LogP contribution is 2.14. The molecule has 0 amide bonds. The Labute approximate surface area is 129 Å². The van der Waals surface area contributed by atoms with Crippen LogP contribution in [0.2, 0.25) is 0 Å². The molecule has 0 aliphatic rings. The summed E-state index contributed by atoms with van der Waals surface area (Å²) < 4.78 is 5.42. The predicted molar refractivity (Wildman–Crippen MR) is 87.8 cm³/mol. The number of hydrogen-bond donors (Lipinski definition) is 1. The van der Waals surface area contributed by atoms with Crippen LogP contribution in [0.4, 0.5) is 0 Å². The fourth-order valence-electron chi connectivity index (χ4n) is 2.45. The molecule has 0 atom stereocenters. The molecule has 0 aliphatic carbocycles. The summed E-state index contributed by atoms with van der Waals surface area (Å²) in [7, 11) is 0. The molecule has 1 N–H and O–H groups in total. The van der Waals surface area contributed by atoms with Gasteiger partial charge in [-0.25, -0.2) is 9.97 Å². The smallest absolute Gasteiger partial charge is 0.131 e. The van der Waals surface area contributed by atoms with Crippen LogP contribution < -0.4 is 5.32 Å². The van der Waals surface area contributed by atoms with Gasteiger partial charge in [-0.1, -0.05) is 20.8 Å². The van der Waals surface area contributed by atoms with Gasteiger partial charge in [-0.2, -0.15) is 0 Å². The van der Waals surface area contributed by atoms with Crippen LogP contribution in [0.5, 0.6) is 0 Å². The molecule has 1 rings (SSSR count). The highest BCUT2D eigenvalue weighted by molar-refractivity contribution is 5.27. The van der Waals surface area contributed by atoms with Gasteiger partial charge in [-0.15, -0.1) is 0 Å². The second-order valence-corrected chi connectivity index (χ2v) is 5.17. The molecule has 21 heavy (non-hydrogen) atoms. The second kappa shape index (κ2) is 10.7. The van der Waals surface area contributed by atoms with Gasteiger partial charge in [0.2, 0.25) is 0 Å². The molecule has 0 aromatic carbocycles. The molecule has 4 nitrogen and oxygen atoms in total. The van der Waals surface area contributed by atoms with Crippen LogP contribution in [-0.2, 0) is 30.4 Å². The molecule has 4 heteroatoms. The van der Waals surface area contributed by atoms with E-state index in [2.05, 4.69) is 26.1 Å². The average Bonchev–Trinajstić information content (AvgIpc) is 2.51. The first-order chi connectivity index (χ1) is 10.3. The Morgan fingerprint density at radius 1 is 0.905 bits per heavy atom. The number of hydrogen-bond acceptors (Lipinski definition) is 4. The van der Waals surface area contributed by atoms with E-state index in [4.69, 9.17) is 14.7 Å². The Morgan fingerprint density at radius 3 is 2.10 bits per heavy atom. The molecule has 120 valence electrons. The molecule has 0 aliphatic heterocycles. The van der Waals surface area contributed by atoms with Crippen LogP contribution in [0.3, 0.4) is 0 Å². The topological polar surface area (TPSA) is 47.0 Å². The zero-order valence-electron chi connectivity index (χ0n) is 14.2. The third kappa shape index (κ3) is 6.10. The zero-order chi connectivity index (χ0) is 15.5. The van der Waals surface area contributed by atoms with Crippen LogP contribution in [0.1, 0.15) is 56.9 Å². The predicted octanol–water partition coefficient (Wildman–Crippen LogP) is 2.72. The Morgan fingerprint density at radius 2 is 1.57 bits per heavy atom. The molecule has 0 unspecified atom stereocenters. The van der Waals surface area contributed by atoms with E-state index in [1.807, 2.05) is 6.92 Å². The third-order valence-electron chi connectivity index (χ3n) is 3.55.